The Morgan fingerprint density at radius 2 is 2.17 bits per heavy atom. The maximum atomic E-state index is 10.9. The molecule has 6 nitrogen and oxygen atoms in total. The number of nitrogens with zero attached hydrogens (tertiary/aromatic N) is 2. The quantitative estimate of drug-likeness (QED) is 0.794. The number of carboxylic acid groups (broad SMARTS) is 1. The van der Waals surface area contributed by atoms with Gasteiger partial charge in [0.05, 0.1) is 11.1 Å². The molecule has 3 aromatic rings. The molecule has 1 aromatic heterocycles. The van der Waals surface area contributed by atoms with Gasteiger partial charge in [-0.3, -0.25) is 0 Å². The minimum atomic E-state index is -1.02. The van der Waals surface area contributed by atoms with Crippen LogP contribution in [-0.4, -0.2) is 16.1 Å². The Balaban J connectivity index is 1.82. The zero-order valence-electron chi connectivity index (χ0n) is 12.2. The van der Waals surface area contributed by atoms with Crippen molar-refractivity contribution in [3.05, 3.63) is 59.0 Å². The normalized spacial score (nSPS) is 10.4. The van der Waals surface area contributed by atoms with Crippen molar-refractivity contribution in [1.29, 1.82) is 5.26 Å². The fourth-order valence-corrected chi connectivity index (χ4v) is 2.17. The SMILES string of the molecule is Cc1ccc(OCc2nc3cc(C(=O)O)ccc3o2)c(C#N)c1. The molecule has 0 amide bonds. The Bertz CT molecular complexity index is 937. The minimum absolute atomic E-state index is 0.0504. The third kappa shape index (κ3) is 2.99. The number of aromatic nitrogens is 1. The second kappa shape index (κ2) is 5.81. The van der Waals surface area contributed by atoms with E-state index < -0.39 is 5.97 Å². The number of aromatic carboxylic acids is 1. The second-order valence-electron chi connectivity index (χ2n) is 5.00. The number of rotatable bonds is 4. The molecule has 0 aliphatic carbocycles. The van der Waals surface area contributed by atoms with Crippen molar-refractivity contribution in [3.63, 3.8) is 0 Å². The van der Waals surface area contributed by atoms with E-state index in [1.54, 1.807) is 18.2 Å². The average molecular weight is 308 g/mol. The number of hydrogen-bond acceptors (Lipinski definition) is 5. The molecule has 114 valence electrons. The molecule has 0 spiro atoms. The van der Waals surface area contributed by atoms with Gasteiger partial charge in [0.15, 0.2) is 12.2 Å². The third-order valence-electron chi connectivity index (χ3n) is 3.29. The molecule has 0 unspecified atom stereocenters. The van der Waals surface area contributed by atoms with Crippen LogP contribution in [0.25, 0.3) is 11.1 Å². The molecule has 0 atom stereocenters. The van der Waals surface area contributed by atoms with E-state index in [2.05, 4.69) is 11.1 Å². The number of carboxylic acids is 1. The predicted octanol–water partition coefficient (Wildman–Crippen LogP) is 3.29. The van der Waals surface area contributed by atoms with Crippen molar-refractivity contribution >= 4 is 17.1 Å². The number of aryl methyl sites for hydroxylation is 1. The summed E-state index contributed by atoms with van der Waals surface area (Å²) in [5.41, 5.74) is 2.49. The fourth-order valence-electron chi connectivity index (χ4n) is 2.17. The van der Waals surface area contributed by atoms with Crippen LogP contribution in [0, 0.1) is 18.3 Å². The number of ether oxygens (including phenoxy) is 1. The topological polar surface area (TPSA) is 96.3 Å². The highest BCUT2D eigenvalue weighted by molar-refractivity contribution is 5.91. The number of oxazole rings is 1. The number of benzene rings is 2. The molecule has 0 radical (unpaired) electrons. The molecule has 0 aliphatic rings. The van der Waals surface area contributed by atoms with E-state index in [-0.39, 0.29) is 12.2 Å². The zero-order chi connectivity index (χ0) is 16.4. The Labute approximate surface area is 131 Å². The summed E-state index contributed by atoms with van der Waals surface area (Å²) < 4.78 is 11.1. The van der Waals surface area contributed by atoms with Gasteiger partial charge in [-0.2, -0.15) is 5.26 Å². The van der Waals surface area contributed by atoms with Gasteiger partial charge in [0.1, 0.15) is 17.3 Å². The van der Waals surface area contributed by atoms with Crippen molar-refractivity contribution in [2.75, 3.05) is 0 Å². The average Bonchev–Trinajstić information content (AvgIpc) is 2.95. The van der Waals surface area contributed by atoms with Crippen LogP contribution in [0.4, 0.5) is 0 Å². The molecule has 3 rings (SSSR count). The smallest absolute Gasteiger partial charge is 0.335 e. The molecule has 1 N–H and O–H groups in total. The third-order valence-corrected chi connectivity index (χ3v) is 3.29. The van der Waals surface area contributed by atoms with E-state index in [9.17, 15) is 4.79 Å². The monoisotopic (exact) mass is 308 g/mol. The lowest BCUT2D eigenvalue weighted by molar-refractivity contribution is 0.0697. The highest BCUT2D eigenvalue weighted by atomic mass is 16.5. The first-order valence-corrected chi connectivity index (χ1v) is 6.83. The maximum Gasteiger partial charge on any atom is 0.335 e. The van der Waals surface area contributed by atoms with E-state index in [1.165, 1.54) is 12.1 Å². The van der Waals surface area contributed by atoms with Crippen molar-refractivity contribution in [3.8, 4) is 11.8 Å². The van der Waals surface area contributed by atoms with Crippen molar-refractivity contribution in [2.45, 2.75) is 13.5 Å². The summed E-state index contributed by atoms with van der Waals surface area (Å²) >= 11 is 0. The van der Waals surface area contributed by atoms with Crippen LogP contribution in [-0.2, 0) is 6.61 Å². The first-order chi connectivity index (χ1) is 11.1. The number of hydrogen-bond donors (Lipinski definition) is 1. The molecule has 1 heterocycles. The van der Waals surface area contributed by atoms with Crippen molar-refractivity contribution < 1.29 is 19.1 Å². The van der Waals surface area contributed by atoms with E-state index in [1.807, 2.05) is 13.0 Å². The van der Waals surface area contributed by atoms with Crippen molar-refractivity contribution in [1.82, 2.24) is 4.98 Å². The van der Waals surface area contributed by atoms with E-state index in [0.717, 1.165) is 5.56 Å². The first kappa shape index (κ1) is 14.6. The Kier molecular flexibility index (Phi) is 3.69. The van der Waals surface area contributed by atoms with Gasteiger partial charge in [0, 0.05) is 0 Å². The lowest BCUT2D eigenvalue weighted by Gasteiger charge is -2.05. The van der Waals surface area contributed by atoms with Gasteiger partial charge < -0.3 is 14.3 Å². The van der Waals surface area contributed by atoms with E-state index in [0.29, 0.717) is 28.3 Å². The zero-order valence-corrected chi connectivity index (χ0v) is 12.2. The minimum Gasteiger partial charge on any atom is -0.482 e. The highest BCUT2D eigenvalue weighted by Gasteiger charge is 2.11. The summed E-state index contributed by atoms with van der Waals surface area (Å²) in [6.07, 6.45) is 0. The van der Waals surface area contributed by atoms with Crippen LogP contribution < -0.4 is 4.74 Å². The fraction of sp³-hybridized carbons (Fsp3) is 0.118. The van der Waals surface area contributed by atoms with Gasteiger partial charge in [0.2, 0.25) is 5.89 Å². The number of nitriles is 1. The summed E-state index contributed by atoms with van der Waals surface area (Å²) in [6, 6.07) is 11.8. The highest BCUT2D eigenvalue weighted by Crippen LogP contribution is 2.22. The Morgan fingerprint density at radius 1 is 1.35 bits per heavy atom. The first-order valence-electron chi connectivity index (χ1n) is 6.83. The lowest BCUT2D eigenvalue weighted by atomic mass is 10.1. The molecule has 6 heteroatoms. The molecular weight excluding hydrogens is 296 g/mol. The molecule has 0 bridgehead atoms. The summed E-state index contributed by atoms with van der Waals surface area (Å²) in [6.45, 7) is 1.94. The molecule has 0 aliphatic heterocycles. The summed E-state index contributed by atoms with van der Waals surface area (Å²) in [5.74, 6) is -0.260. The van der Waals surface area contributed by atoms with Gasteiger partial charge in [0.25, 0.3) is 0 Å². The largest absolute Gasteiger partial charge is 0.482 e. The molecule has 0 saturated carbocycles. The van der Waals surface area contributed by atoms with Crippen LogP contribution >= 0.6 is 0 Å². The van der Waals surface area contributed by atoms with Crippen LogP contribution in [0.5, 0.6) is 5.75 Å². The number of carbonyl (C=O) groups is 1. The molecule has 2 aromatic carbocycles. The van der Waals surface area contributed by atoms with Crippen LogP contribution in [0.1, 0.15) is 27.4 Å². The van der Waals surface area contributed by atoms with Crippen molar-refractivity contribution in [2.24, 2.45) is 0 Å². The predicted molar refractivity (Wildman–Crippen MR) is 81.2 cm³/mol. The molecule has 23 heavy (non-hydrogen) atoms. The summed E-state index contributed by atoms with van der Waals surface area (Å²) in [7, 11) is 0. The van der Waals surface area contributed by atoms with Gasteiger partial charge in [-0.15, -0.1) is 0 Å². The van der Waals surface area contributed by atoms with Crippen LogP contribution in [0.15, 0.2) is 40.8 Å². The number of fused-ring (bicyclic) bond motifs is 1. The van der Waals surface area contributed by atoms with E-state index >= 15 is 0 Å². The Morgan fingerprint density at radius 3 is 2.91 bits per heavy atom. The molecule has 0 saturated heterocycles. The summed E-state index contributed by atoms with van der Waals surface area (Å²) in [4.78, 5) is 15.2. The van der Waals surface area contributed by atoms with Gasteiger partial charge in [-0.1, -0.05) is 6.07 Å². The van der Waals surface area contributed by atoms with Crippen LogP contribution in [0.3, 0.4) is 0 Å². The maximum absolute atomic E-state index is 10.9. The second-order valence-corrected chi connectivity index (χ2v) is 5.00. The van der Waals surface area contributed by atoms with Crippen LogP contribution in [0.2, 0.25) is 0 Å². The molecular formula is C17H12N2O4. The Hall–Kier alpha value is -3.33. The van der Waals surface area contributed by atoms with Gasteiger partial charge >= 0.3 is 5.97 Å². The standard InChI is InChI=1S/C17H12N2O4/c1-10-2-4-14(12(6-10)8-18)22-9-16-19-13-7-11(17(20)21)3-5-15(13)23-16/h2-7H,9H2,1H3,(H,20,21). The van der Waals surface area contributed by atoms with E-state index in [4.69, 9.17) is 19.5 Å². The van der Waals surface area contributed by atoms with Gasteiger partial charge in [-0.25, -0.2) is 9.78 Å². The molecule has 0 fully saturated rings. The lowest BCUT2D eigenvalue weighted by Crippen LogP contribution is -1.98. The van der Waals surface area contributed by atoms with Gasteiger partial charge in [-0.05, 0) is 42.8 Å². The summed E-state index contributed by atoms with van der Waals surface area (Å²) in [5, 5.41) is 18.1.